The Balaban J connectivity index is 4.08. The van der Waals surface area contributed by atoms with E-state index in [4.69, 9.17) is 19.3 Å². The fourth-order valence-electron chi connectivity index (χ4n) is 5.05. The van der Waals surface area contributed by atoms with Crippen LogP contribution in [0.25, 0.3) is 0 Å². The van der Waals surface area contributed by atoms with Gasteiger partial charge >= 0.3 is 19.8 Å². The van der Waals surface area contributed by atoms with Gasteiger partial charge in [-0.1, -0.05) is 126 Å². The number of ether oxygens (including phenoxy) is 2. The van der Waals surface area contributed by atoms with Crippen LogP contribution >= 0.6 is 7.82 Å². The molecule has 3 N–H and O–H groups in total. The molecule has 0 unspecified atom stereocenters. The molecule has 0 radical (unpaired) electrons. The van der Waals surface area contributed by atoms with E-state index in [1.807, 2.05) is 19.1 Å². The summed E-state index contributed by atoms with van der Waals surface area (Å²) >= 11 is 0. The predicted octanol–water partition coefficient (Wildman–Crippen LogP) is 10.7. The van der Waals surface area contributed by atoms with Crippen molar-refractivity contribution in [3.63, 3.8) is 0 Å². The number of phosphoric ester groups is 1. The van der Waals surface area contributed by atoms with E-state index in [-0.39, 0.29) is 25.6 Å². The van der Waals surface area contributed by atoms with Crippen LogP contribution in [-0.4, -0.2) is 52.3 Å². The lowest BCUT2D eigenvalue weighted by Crippen LogP contribution is -2.29. The topological polar surface area (TPSA) is 140 Å². The third-order valence-electron chi connectivity index (χ3n) is 8.17. The second kappa shape index (κ2) is 36.1. The van der Waals surface area contributed by atoms with Crippen LogP contribution in [0.5, 0.6) is 0 Å². The Morgan fingerprint density at radius 1 is 0.588 bits per heavy atom. The van der Waals surface area contributed by atoms with E-state index in [1.165, 1.54) is 51.4 Å². The number of hydrogen-bond donors (Lipinski definition) is 3. The van der Waals surface area contributed by atoms with Gasteiger partial charge in [0.25, 0.3) is 0 Å². The van der Waals surface area contributed by atoms with Gasteiger partial charge in [-0.05, 0) is 83.5 Å². The highest BCUT2D eigenvalue weighted by Crippen LogP contribution is 2.36. The number of carbonyl (C=O) groups is 2. The summed E-state index contributed by atoms with van der Waals surface area (Å²) in [6.45, 7) is 3.33. The molecule has 0 fully saturated rings. The van der Waals surface area contributed by atoms with E-state index in [2.05, 4.69) is 60.1 Å². The van der Waals surface area contributed by atoms with Crippen LogP contribution in [0.2, 0.25) is 0 Å². The van der Waals surface area contributed by atoms with Gasteiger partial charge in [-0.25, -0.2) is 4.57 Å². The number of hydrogen-bond acceptors (Lipinski definition) is 7. The van der Waals surface area contributed by atoms with Crippen LogP contribution in [-0.2, 0) is 28.2 Å². The van der Waals surface area contributed by atoms with Gasteiger partial charge in [0.1, 0.15) is 6.61 Å². The van der Waals surface area contributed by atoms with Crippen molar-refractivity contribution in [2.75, 3.05) is 13.2 Å². The second-order valence-electron chi connectivity index (χ2n) is 13.0. The van der Waals surface area contributed by atoms with E-state index < -0.39 is 32.5 Å². The first kappa shape index (κ1) is 48.7. The fraction of sp³-hybridized carbons (Fsp3) is 0.707. The fourth-order valence-corrected chi connectivity index (χ4v) is 5.41. The Labute approximate surface area is 309 Å². The average molecular weight is 739 g/mol. The highest BCUT2D eigenvalue weighted by molar-refractivity contribution is 7.46. The molecule has 0 aliphatic rings. The quantitative estimate of drug-likeness (QED) is 0.0251. The lowest BCUT2D eigenvalue weighted by molar-refractivity contribution is -0.161. The summed E-state index contributed by atoms with van der Waals surface area (Å²) in [6, 6.07) is 0. The van der Waals surface area contributed by atoms with Gasteiger partial charge in [-0.3, -0.25) is 14.1 Å². The van der Waals surface area contributed by atoms with Crippen LogP contribution in [0.4, 0.5) is 0 Å². The first-order valence-electron chi connectivity index (χ1n) is 19.7. The molecule has 0 aromatic rings. The molecule has 294 valence electrons. The summed E-state index contributed by atoms with van der Waals surface area (Å²) in [5, 5.41) is 9.53. The molecule has 0 bridgehead atoms. The Morgan fingerprint density at radius 2 is 1.06 bits per heavy atom. The molecule has 0 aliphatic carbocycles. The molecule has 0 aliphatic heterocycles. The maximum atomic E-state index is 12.4. The summed E-state index contributed by atoms with van der Waals surface area (Å²) in [5.74, 6) is -0.978. The van der Waals surface area contributed by atoms with Gasteiger partial charge in [0.15, 0.2) is 6.10 Å². The van der Waals surface area contributed by atoms with Crippen molar-refractivity contribution in [1.82, 2.24) is 0 Å². The van der Waals surface area contributed by atoms with Crippen LogP contribution < -0.4 is 0 Å². The van der Waals surface area contributed by atoms with Crippen molar-refractivity contribution in [3.8, 4) is 0 Å². The zero-order valence-electron chi connectivity index (χ0n) is 31.8. The smallest absolute Gasteiger partial charge is 0.462 e. The van der Waals surface area contributed by atoms with Gasteiger partial charge in [0.05, 0.1) is 12.7 Å². The van der Waals surface area contributed by atoms with E-state index in [9.17, 15) is 19.3 Å². The molecular weight excluding hydrogens is 667 g/mol. The second-order valence-corrected chi connectivity index (χ2v) is 14.3. The molecule has 51 heavy (non-hydrogen) atoms. The SMILES string of the molecule is CCCCCC/C=C\CCCCCCCCCC(=O)O[C@H](COC(=O)CCC/C=C\C/C=C\C/C=C\C/C=C\CC[C@@H](O)CC)COP(=O)(O)O. The molecule has 10 heteroatoms. The average Bonchev–Trinajstić information content (AvgIpc) is 3.10. The molecule has 2 atom stereocenters. The van der Waals surface area contributed by atoms with Gasteiger partial charge < -0.3 is 24.4 Å². The largest absolute Gasteiger partial charge is 0.469 e. The molecular formula is C41H71O9P. The standard InChI is InChI=1S/C41H71O9P/c1-3-5-6-7-8-9-10-11-12-17-20-23-26-29-32-35-41(44)50-39(37-49-51(45,46)47)36-48-40(43)34-31-28-25-22-19-16-14-13-15-18-21-24-27-30-33-38(42)4-2/h9-10,14-16,18,22,24-25,27,38-39,42H,3-8,11-13,17,19-21,23,26,28-37H2,1-2H3,(H2,45,46,47)/b10-9-,16-14-,18-15-,25-22-,27-24-/t38-,39+/m0/s1. The predicted molar refractivity (Wildman–Crippen MR) is 208 cm³/mol. The number of allylic oxidation sites excluding steroid dienone is 10. The highest BCUT2D eigenvalue weighted by atomic mass is 31.2. The zero-order chi connectivity index (χ0) is 37.7. The van der Waals surface area contributed by atoms with E-state index in [1.54, 1.807) is 0 Å². The first-order chi connectivity index (χ1) is 24.7. The third-order valence-corrected chi connectivity index (χ3v) is 8.66. The molecule has 0 rings (SSSR count). The molecule has 0 spiro atoms. The summed E-state index contributed by atoms with van der Waals surface area (Å²) in [6.07, 6.45) is 41.7. The van der Waals surface area contributed by atoms with Crippen molar-refractivity contribution in [2.24, 2.45) is 0 Å². The maximum absolute atomic E-state index is 12.4. The maximum Gasteiger partial charge on any atom is 0.469 e. The normalized spacial score (nSPS) is 13.7. The first-order valence-corrected chi connectivity index (χ1v) is 21.2. The summed E-state index contributed by atoms with van der Waals surface area (Å²) in [4.78, 5) is 42.7. The number of unbranched alkanes of at least 4 members (excludes halogenated alkanes) is 12. The number of aliphatic hydroxyl groups is 1. The molecule has 0 heterocycles. The number of carbonyl (C=O) groups excluding carboxylic acids is 2. The Bertz CT molecular complexity index is 1030. The lowest BCUT2D eigenvalue weighted by Gasteiger charge is -2.18. The molecule has 0 amide bonds. The zero-order valence-corrected chi connectivity index (χ0v) is 32.7. The number of esters is 2. The summed E-state index contributed by atoms with van der Waals surface area (Å²) in [7, 11) is -4.77. The van der Waals surface area contributed by atoms with Crippen LogP contribution in [0.3, 0.4) is 0 Å². The van der Waals surface area contributed by atoms with E-state index in [0.29, 0.717) is 19.3 Å². The van der Waals surface area contributed by atoms with Gasteiger partial charge in [-0.2, -0.15) is 0 Å². The highest BCUT2D eigenvalue weighted by Gasteiger charge is 2.22. The minimum atomic E-state index is -4.77. The molecule has 0 saturated carbocycles. The van der Waals surface area contributed by atoms with Crippen molar-refractivity contribution >= 4 is 19.8 Å². The van der Waals surface area contributed by atoms with Crippen molar-refractivity contribution in [1.29, 1.82) is 0 Å². The number of aliphatic hydroxyl groups excluding tert-OH is 1. The molecule has 9 nitrogen and oxygen atoms in total. The Hall–Kier alpha value is -2.29. The Kier molecular flexibility index (Phi) is 34.5. The van der Waals surface area contributed by atoms with Crippen molar-refractivity contribution in [3.05, 3.63) is 60.8 Å². The van der Waals surface area contributed by atoms with E-state index in [0.717, 1.165) is 64.2 Å². The molecule has 0 aromatic carbocycles. The molecule has 0 saturated heterocycles. The lowest BCUT2D eigenvalue weighted by atomic mass is 10.1. The monoisotopic (exact) mass is 738 g/mol. The van der Waals surface area contributed by atoms with Gasteiger partial charge in [-0.15, -0.1) is 0 Å². The van der Waals surface area contributed by atoms with Gasteiger partial charge in [0.2, 0.25) is 0 Å². The minimum Gasteiger partial charge on any atom is -0.462 e. The number of phosphoric acid groups is 1. The van der Waals surface area contributed by atoms with Crippen LogP contribution in [0.15, 0.2) is 60.8 Å². The molecule has 0 aromatic heterocycles. The van der Waals surface area contributed by atoms with Crippen LogP contribution in [0.1, 0.15) is 162 Å². The number of rotatable bonds is 35. The summed E-state index contributed by atoms with van der Waals surface area (Å²) in [5.41, 5.74) is 0. The van der Waals surface area contributed by atoms with E-state index >= 15 is 0 Å². The summed E-state index contributed by atoms with van der Waals surface area (Å²) < 4.78 is 26.3. The third kappa shape index (κ3) is 38.8. The van der Waals surface area contributed by atoms with Crippen LogP contribution in [0, 0.1) is 0 Å². The Morgan fingerprint density at radius 3 is 1.63 bits per heavy atom. The minimum absolute atomic E-state index is 0.175. The van der Waals surface area contributed by atoms with Gasteiger partial charge in [0, 0.05) is 12.8 Å². The van der Waals surface area contributed by atoms with Crippen molar-refractivity contribution < 1.29 is 43.0 Å². The van der Waals surface area contributed by atoms with Crippen molar-refractivity contribution in [2.45, 2.75) is 174 Å².